The minimum absolute atomic E-state index is 0.331. The second kappa shape index (κ2) is 7.66. The molecule has 0 aliphatic heterocycles. The molecule has 7 nitrogen and oxygen atoms in total. The van der Waals surface area contributed by atoms with Gasteiger partial charge in [0.25, 0.3) is 0 Å². The van der Waals surface area contributed by atoms with Crippen LogP contribution >= 0.6 is 0 Å². The highest BCUT2D eigenvalue weighted by atomic mass is 16.6. The van der Waals surface area contributed by atoms with Crippen molar-refractivity contribution in [1.29, 1.82) is 0 Å². The molecule has 1 fully saturated rings. The second-order valence-electron chi connectivity index (χ2n) is 7.73. The second-order valence-corrected chi connectivity index (χ2v) is 7.73. The van der Waals surface area contributed by atoms with Gasteiger partial charge in [0.15, 0.2) is 5.82 Å². The van der Waals surface area contributed by atoms with Crippen molar-refractivity contribution in [3.05, 3.63) is 35.2 Å². The zero-order valence-electron chi connectivity index (χ0n) is 16.9. The van der Waals surface area contributed by atoms with Crippen molar-refractivity contribution >= 4 is 6.09 Å². The van der Waals surface area contributed by atoms with E-state index in [4.69, 9.17) is 4.74 Å². The van der Waals surface area contributed by atoms with E-state index in [0.717, 1.165) is 42.5 Å². The van der Waals surface area contributed by atoms with Gasteiger partial charge in [-0.1, -0.05) is 13.0 Å². The molecule has 1 aromatic heterocycles. The number of hydrogen-bond acceptors (Lipinski definition) is 5. The Balaban J connectivity index is 2.09. The van der Waals surface area contributed by atoms with Gasteiger partial charge in [0, 0.05) is 7.05 Å². The summed E-state index contributed by atoms with van der Waals surface area (Å²) < 4.78 is 7.08. The number of hydrogen-bond donors (Lipinski definition) is 0. The fraction of sp³-hybridized carbons (Fsp3) is 0.600. The van der Waals surface area contributed by atoms with Crippen molar-refractivity contribution in [2.45, 2.75) is 58.9 Å². The summed E-state index contributed by atoms with van der Waals surface area (Å²) in [5.41, 5.74) is 2.65. The van der Waals surface area contributed by atoms with E-state index in [9.17, 15) is 4.79 Å². The predicted octanol–water partition coefficient (Wildman–Crippen LogP) is 3.77. The molecule has 0 atom stereocenters. The van der Waals surface area contributed by atoms with Crippen molar-refractivity contribution in [3.8, 4) is 5.69 Å². The van der Waals surface area contributed by atoms with Gasteiger partial charge in [-0.3, -0.25) is 4.90 Å². The van der Waals surface area contributed by atoms with Crippen LogP contribution in [0.25, 0.3) is 5.69 Å². The van der Waals surface area contributed by atoms with Crippen molar-refractivity contribution in [3.63, 3.8) is 0 Å². The minimum Gasteiger partial charge on any atom is -0.450 e. The number of nitrogens with zero attached hydrogens (tertiary/aromatic N) is 5. The van der Waals surface area contributed by atoms with Crippen LogP contribution in [0.5, 0.6) is 0 Å². The zero-order chi connectivity index (χ0) is 19.6. The normalized spacial score (nSPS) is 22.5. The highest BCUT2D eigenvalue weighted by molar-refractivity contribution is 5.68. The molecular weight excluding hydrogens is 342 g/mol. The van der Waals surface area contributed by atoms with Crippen LogP contribution in [-0.4, -0.2) is 44.9 Å². The number of aryl methyl sites for hydroxylation is 2. The number of carbonyl (C=O) groups excluding carboxylic acids is 1. The molecule has 1 heterocycles. The fourth-order valence-electron chi connectivity index (χ4n) is 4.07. The lowest BCUT2D eigenvalue weighted by Gasteiger charge is -2.44. The van der Waals surface area contributed by atoms with Crippen molar-refractivity contribution < 1.29 is 9.53 Å². The van der Waals surface area contributed by atoms with Gasteiger partial charge < -0.3 is 4.74 Å². The zero-order valence-corrected chi connectivity index (χ0v) is 16.9. The van der Waals surface area contributed by atoms with Gasteiger partial charge in [-0.15, -0.1) is 5.10 Å². The molecule has 0 spiro atoms. The number of tetrazole rings is 1. The average Bonchev–Trinajstić information content (AvgIpc) is 3.12. The number of rotatable bonds is 4. The third-order valence-electron chi connectivity index (χ3n) is 5.62. The first kappa shape index (κ1) is 19.3. The third-order valence-corrected chi connectivity index (χ3v) is 5.62. The maximum absolute atomic E-state index is 12.6. The summed E-state index contributed by atoms with van der Waals surface area (Å²) in [6.07, 6.45) is 3.33. The van der Waals surface area contributed by atoms with E-state index in [1.165, 1.54) is 0 Å². The van der Waals surface area contributed by atoms with Gasteiger partial charge in [0.2, 0.25) is 0 Å². The van der Waals surface area contributed by atoms with Gasteiger partial charge in [-0.2, -0.15) is 4.68 Å². The molecule has 1 aliphatic carbocycles. The molecule has 7 heteroatoms. The van der Waals surface area contributed by atoms with Crippen LogP contribution in [0, 0.1) is 19.8 Å². The topological polar surface area (TPSA) is 73.1 Å². The Kier molecular flexibility index (Phi) is 5.48. The molecule has 0 saturated heterocycles. The van der Waals surface area contributed by atoms with Crippen molar-refractivity contribution in [2.75, 3.05) is 13.7 Å². The molecule has 1 aromatic carbocycles. The number of carbonyl (C=O) groups is 1. The largest absolute Gasteiger partial charge is 0.450 e. The SMILES string of the molecule is CCOC(=O)N(C)C1(c2nnnn2-c2cc(C)cc(C)c2)CCC(C)CC1. The van der Waals surface area contributed by atoms with E-state index in [1.54, 1.807) is 16.6 Å². The quantitative estimate of drug-likeness (QED) is 0.818. The monoisotopic (exact) mass is 371 g/mol. The van der Waals surface area contributed by atoms with E-state index < -0.39 is 5.54 Å². The first-order valence-corrected chi connectivity index (χ1v) is 9.65. The molecule has 0 unspecified atom stereocenters. The molecule has 0 radical (unpaired) electrons. The standard InChI is InChI=1S/C20H29N5O2/c1-6-27-19(26)24(5)20(9-7-14(2)8-10-20)18-21-22-23-25(18)17-12-15(3)11-16(4)13-17/h11-14H,6-10H2,1-5H3. The summed E-state index contributed by atoms with van der Waals surface area (Å²) in [5, 5.41) is 12.6. The van der Waals surface area contributed by atoms with Crippen LogP contribution in [0.2, 0.25) is 0 Å². The molecule has 1 saturated carbocycles. The molecular formula is C20H29N5O2. The Morgan fingerprint density at radius 3 is 2.48 bits per heavy atom. The highest BCUT2D eigenvalue weighted by Gasteiger charge is 2.46. The van der Waals surface area contributed by atoms with Gasteiger partial charge in [0.1, 0.15) is 5.54 Å². The first-order valence-electron chi connectivity index (χ1n) is 9.65. The molecule has 3 rings (SSSR count). The Hall–Kier alpha value is -2.44. The van der Waals surface area contributed by atoms with Crippen LogP contribution in [-0.2, 0) is 10.3 Å². The third kappa shape index (κ3) is 3.68. The predicted molar refractivity (Wildman–Crippen MR) is 103 cm³/mol. The van der Waals surface area contributed by atoms with E-state index in [1.807, 2.05) is 6.92 Å². The van der Waals surface area contributed by atoms with Crippen molar-refractivity contribution in [1.82, 2.24) is 25.1 Å². The van der Waals surface area contributed by atoms with E-state index in [-0.39, 0.29) is 6.09 Å². The molecule has 2 aromatic rings. The molecule has 1 amide bonds. The maximum atomic E-state index is 12.6. The Morgan fingerprint density at radius 2 is 1.89 bits per heavy atom. The van der Waals surface area contributed by atoms with E-state index >= 15 is 0 Å². The van der Waals surface area contributed by atoms with Gasteiger partial charge in [-0.05, 0) is 86.1 Å². The Morgan fingerprint density at radius 1 is 1.26 bits per heavy atom. The molecule has 1 aliphatic rings. The Bertz CT molecular complexity index is 788. The number of benzene rings is 1. The van der Waals surface area contributed by atoms with E-state index in [0.29, 0.717) is 18.3 Å². The van der Waals surface area contributed by atoms with Gasteiger partial charge in [0.05, 0.1) is 12.3 Å². The van der Waals surface area contributed by atoms with Crippen molar-refractivity contribution in [2.24, 2.45) is 5.92 Å². The van der Waals surface area contributed by atoms with Crippen LogP contribution in [0.3, 0.4) is 0 Å². The summed E-state index contributed by atoms with van der Waals surface area (Å²) >= 11 is 0. The number of amides is 1. The smallest absolute Gasteiger partial charge is 0.410 e. The first-order chi connectivity index (χ1) is 12.9. The van der Waals surface area contributed by atoms with E-state index in [2.05, 4.69) is 54.5 Å². The molecule has 27 heavy (non-hydrogen) atoms. The van der Waals surface area contributed by atoms with Crippen LogP contribution < -0.4 is 0 Å². The maximum Gasteiger partial charge on any atom is 0.410 e. The lowest BCUT2D eigenvalue weighted by atomic mass is 9.75. The molecule has 146 valence electrons. The fourth-order valence-corrected chi connectivity index (χ4v) is 4.07. The van der Waals surface area contributed by atoms with Gasteiger partial charge in [-0.25, -0.2) is 4.79 Å². The average molecular weight is 371 g/mol. The van der Waals surface area contributed by atoms with Crippen LogP contribution in [0.4, 0.5) is 4.79 Å². The number of ether oxygens (including phenoxy) is 1. The lowest BCUT2D eigenvalue weighted by molar-refractivity contribution is 0.0311. The summed E-state index contributed by atoms with van der Waals surface area (Å²) in [6.45, 7) is 8.53. The summed E-state index contributed by atoms with van der Waals surface area (Å²) in [4.78, 5) is 14.3. The van der Waals surface area contributed by atoms with Crippen LogP contribution in [0.1, 0.15) is 56.5 Å². The Labute approximate surface area is 160 Å². The minimum atomic E-state index is -0.570. The number of aromatic nitrogens is 4. The summed E-state index contributed by atoms with van der Waals surface area (Å²) in [6, 6.07) is 6.25. The summed E-state index contributed by atoms with van der Waals surface area (Å²) in [5.74, 6) is 1.33. The lowest BCUT2D eigenvalue weighted by Crippen LogP contribution is -2.51. The summed E-state index contributed by atoms with van der Waals surface area (Å²) in [7, 11) is 1.80. The molecule has 0 bridgehead atoms. The van der Waals surface area contributed by atoms with Crippen LogP contribution in [0.15, 0.2) is 18.2 Å². The van der Waals surface area contributed by atoms with Gasteiger partial charge >= 0.3 is 6.09 Å². The molecule has 0 N–H and O–H groups in total. The highest BCUT2D eigenvalue weighted by Crippen LogP contribution is 2.43.